The van der Waals surface area contributed by atoms with Crippen molar-refractivity contribution in [2.45, 2.75) is 25.8 Å². The lowest BCUT2D eigenvalue weighted by Gasteiger charge is -2.23. The minimum Gasteiger partial charge on any atom is -0.378 e. The monoisotopic (exact) mass is 275 g/mol. The maximum Gasteiger partial charge on any atom is 0.251 e. The number of nitrogens with one attached hydrogen (secondary N) is 1. The van der Waals surface area contributed by atoms with Gasteiger partial charge in [-0.15, -0.1) is 0 Å². The molecule has 1 atom stereocenters. The van der Waals surface area contributed by atoms with Gasteiger partial charge in [0.05, 0.1) is 0 Å². The lowest BCUT2D eigenvalue weighted by Crippen LogP contribution is -2.40. The molecule has 110 valence electrons. The Morgan fingerprint density at radius 2 is 2.25 bits per heavy atom. The van der Waals surface area contributed by atoms with Crippen molar-refractivity contribution in [3.05, 3.63) is 29.8 Å². The maximum absolute atomic E-state index is 12.2. The number of anilines is 1. The lowest BCUT2D eigenvalue weighted by atomic mass is 10.1. The number of hydrogen-bond acceptors (Lipinski definition) is 3. The van der Waals surface area contributed by atoms with Crippen molar-refractivity contribution in [3.63, 3.8) is 0 Å². The second-order valence-corrected chi connectivity index (χ2v) is 5.58. The highest BCUT2D eigenvalue weighted by atomic mass is 16.1. The number of carbonyl (C=O) groups excluding carboxylic acids is 1. The molecule has 1 N–H and O–H groups in total. The van der Waals surface area contributed by atoms with Gasteiger partial charge in [-0.3, -0.25) is 9.69 Å². The number of likely N-dealkylation sites (tertiary alicyclic amines) is 1. The van der Waals surface area contributed by atoms with E-state index in [-0.39, 0.29) is 5.91 Å². The summed E-state index contributed by atoms with van der Waals surface area (Å²) in [5.74, 6) is 0.0247. The zero-order valence-electron chi connectivity index (χ0n) is 12.7. The molecule has 1 saturated heterocycles. The molecule has 0 aliphatic carbocycles. The van der Waals surface area contributed by atoms with Crippen molar-refractivity contribution in [2.75, 3.05) is 38.6 Å². The van der Waals surface area contributed by atoms with Crippen molar-refractivity contribution < 1.29 is 4.79 Å². The lowest BCUT2D eigenvalue weighted by molar-refractivity contribution is 0.0941. The summed E-state index contributed by atoms with van der Waals surface area (Å²) >= 11 is 0. The Bertz CT molecular complexity index is 459. The number of rotatable bonds is 5. The Hall–Kier alpha value is -1.55. The molecule has 20 heavy (non-hydrogen) atoms. The van der Waals surface area contributed by atoms with Gasteiger partial charge in [0.25, 0.3) is 5.91 Å². The van der Waals surface area contributed by atoms with E-state index in [1.807, 2.05) is 43.3 Å². The van der Waals surface area contributed by atoms with E-state index in [1.165, 1.54) is 12.8 Å². The molecule has 1 aliphatic rings. The van der Waals surface area contributed by atoms with Crippen LogP contribution in [-0.4, -0.2) is 50.6 Å². The Labute approximate surface area is 121 Å². The smallest absolute Gasteiger partial charge is 0.251 e. The van der Waals surface area contributed by atoms with Crippen LogP contribution in [0.3, 0.4) is 0 Å². The molecule has 0 aromatic heterocycles. The molecule has 1 aliphatic heterocycles. The molecule has 2 rings (SSSR count). The summed E-state index contributed by atoms with van der Waals surface area (Å²) in [6, 6.07) is 8.24. The maximum atomic E-state index is 12.2. The first-order valence-electron chi connectivity index (χ1n) is 7.41. The Morgan fingerprint density at radius 3 is 2.95 bits per heavy atom. The second-order valence-electron chi connectivity index (χ2n) is 5.58. The predicted octanol–water partition coefficient (Wildman–Crippen LogP) is 1.97. The molecule has 1 fully saturated rings. The Morgan fingerprint density at radius 1 is 1.45 bits per heavy atom. The van der Waals surface area contributed by atoms with Gasteiger partial charge in [-0.2, -0.15) is 0 Å². The van der Waals surface area contributed by atoms with E-state index in [4.69, 9.17) is 0 Å². The molecular weight excluding hydrogens is 250 g/mol. The fraction of sp³-hybridized carbons (Fsp3) is 0.562. The average Bonchev–Trinajstić information content (AvgIpc) is 2.92. The molecule has 1 unspecified atom stereocenters. The van der Waals surface area contributed by atoms with E-state index < -0.39 is 0 Å². The van der Waals surface area contributed by atoms with Crippen LogP contribution in [0.5, 0.6) is 0 Å². The van der Waals surface area contributed by atoms with E-state index in [0.717, 1.165) is 30.9 Å². The third kappa shape index (κ3) is 3.51. The van der Waals surface area contributed by atoms with Crippen LogP contribution in [0.15, 0.2) is 24.3 Å². The number of nitrogens with zero attached hydrogens (tertiary/aromatic N) is 2. The minimum absolute atomic E-state index is 0.0247. The average molecular weight is 275 g/mol. The van der Waals surface area contributed by atoms with Crippen LogP contribution in [0.4, 0.5) is 5.69 Å². The molecule has 1 aromatic rings. The first kappa shape index (κ1) is 14.9. The van der Waals surface area contributed by atoms with Gasteiger partial charge in [0, 0.05) is 37.9 Å². The van der Waals surface area contributed by atoms with Crippen molar-refractivity contribution in [2.24, 2.45) is 0 Å². The summed E-state index contributed by atoms with van der Waals surface area (Å²) in [6.45, 7) is 5.16. The summed E-state index contributed by atoms with van der Waals surface area (Å²) in [7, 11) is 3.96. The van der Waals surface area contributed by atoms with Crippen molar-refractivity contribution in [1.29, 1.82) is 0 Å². The van der Waals surface area contributed by atoms with Gasteiger partial charge in [-0.25, -0.2) is 0 Å². The summed E-state index contributed by atoms with van der Waals surface area (Å²) in [6.07, 6.45) is 2.43. The third-order valence-corrected chi connectivity index (χ3v) is 4.03. The third-order valence-electron chi connectivity index (χ3n) is 4.03. The van der Waals surface area contributed by atoms with Crippen LogP contribution < -0.4 is 10.2 Å². The van der Waals surface area contributed by atoms with Crippen LogP contribution >= 0.6 is 0 Å². The van der Waals surface area contributed by atoms with Crippen LogP contribution in [0.25, 0.3) is 0 Å². The molecule has 0 spiro atoms. The topological polar surface area (TPSA) is 35.6 Å². The van der Waals surface area contributed by atoms with Crippen LogP contribution in [-0.2, 0) is 0 Å². The molecule has 0 radical (unpaired) electrons. The standard InChI is InChI=1S/C16H25N3O/c1-4-19-10-6-9-15(19)12-17-16(20)13-7-5-8-14(11-13)18(2)3/h5,7-8,11,15H,4,6,9-10,12H2,1-3H3,(H,17,20). The van der Waals surface area contributed by atoms with Crippen LogP contribution in [0, 0.1) is 0 Å². The van der Waals surface area contributed by atoms with E-state index in [1.54, 1.807) is 0 Å². The largest absolute Gasteiger partial charge is 0.378 e. The number of likely N-dealkylation sites (N-methyl/N-ethyl adjacent to an activating group) is 1. The van der Waals surface area contributed by atoms with Gasteiger partial charge in [0.2, 0.25) is 0 Å². The normalized spacial score (nSPS) is 19.1. The minimum atomic E-state index is 0.0247. The molecule has 1 heterocycles. The van der Waals surface area contributed by atoms with Gasteiger partial charge in [0.1, 0.15) is 0 Å². The Kier molecular flexibility index (Phi) is 5.01. The van der Waals surface area contributed by atoms with E-state index in [0.29, 0.717) is 6.04 Å². The first-order chi connectivity index (χ1) is 9.61. The van der Waals surface area contributed by atoms with E-state index in [2.05, 4.69) is 17.1 Å². The SMILES string of the molecule is CCN1CCCC1CNC(=O)c1cccc(N(C)C)c1. The fourth-order valence-electron chi connectivity index (χ4n) is 2.78. The van der Waals surface area contributed by atoms with Gasteiger partial charge in [0.15, 0.2) is 0 Å². The summed E-state index contributed by atoms with van der Waals surface area (Å²) in [4.78, 5) is 16.7. The molecule has 4 heteroatoms. The molecule has 4 nitrogen and oxygen atoms in total. The van der Waals surface area contributed by atoms with Gasteiger partial charge < -0.3 is 10.2 Å². The number of hydrogen-bond donors (Lipinski definition) is 1. The van der Waals surface area contributed by atoms with Crippen molar-refractivity contribution >= 4 is 11.6 Å². The van der Waals surface area contributed by atoms with Crippen LogP contribution in [0.2, 0.25) is 0 Å². The highest BCUT2D eigenvalue weighted by molar-refractivity contribution is 5.95. The number of carbonyl (C=O) groups is 1. The molecule has 0 bridgehead atoms. The van der Waals surface area contributed by atoms with Crippen LogP contribution in [0.1, 0.15) is 30.1 Å². The molecule has 1 aromatic carbocycles. The molecule has 0 saturated carbocycles. The Balaban J connectivity index is 1.93. The number of amides is 1. The highest BCUT2D eigenvalue weighted by Crippen LogP contribution is 2.16. The summed E-state index contributed by atoms with van der Waals surface area (Å²) in [5.41, 5.74) is 1.78. The second kappa shape index (κ2) is 6.75. The van der Waals surface area contributed by atoms with Crippen molar-refractivity contribution in [1.82, 2.24) is 10.2 Å². The first-order valence-corrected chi connectivity index (χ1v) is 7.41. The van der Waals surface area contributed by atoms with Gasteiger partial charge in [-0.05, 0) is 44.1 Å². The van der Waals surface area contributed by atoms with Crippen molar-refractivity contribution in [3.8, 4) is 0 Å². The number of benzene rings is 1. The quantitative estimate of drug-likeness (QED) is 0.892. The highest BCUT2D eigenvalue weighted by Gasteiger charge is 2.23. The summed E-state index contributed by atoms with van der Waals surface area (Å²) < 4.78 is 0. The zero-order chi connectivity index (χ0) is 14.5. The predicted molar refractivity (Wildman–Crippen MR) is 83.4 cm³/mol. The fourth-order valence-corrected chi connectivity index (χ4v) is 2.78. The zero-order valence-corrected chi connectivity index (χ0v) is 12.7. The van der Waals surface area contributed by atoms with Gasteiger partial charge >= 0.3 is 0 Å². The molecular formula is C16H25N3O. The van der Waals surface area contributed by atoms with E-state index >= 15 is 0 Å². The van der Waals surface area contributed by atoms with E-state index in [9.17, 15) is 4.79 Å². The molecule has 1 amide bonds. The van der Waals surface area contributed by atoms with Gasteiger partial charge in [-0.1, -0.05) is 13.0 Å². The summed E-state index contributed by atoms with van der Waals surface area (Å²) in [5, 5.41) is 3.07.